The molecule has 3 nitrogen and oxygen atoms in total. The van der Waals surface area contributed by atoms with Gasteiger partial charge < -0.3 is 10.4 Å². The number of benzene rings is 2. The largest absolute Gasteiger partial charge is 0.394 e. The number of aliphatic hydroxyl groups is 1. The van der Waals surface area contributed by atoms with Crippen molar-refractivity contribution in [2.45, 2.75) is 12.5 Å². The predicted octanol–water partition coefficient (Wildman–Crippen LogP) is 2.76. The van der Waals surface area contributed by atoms with Gasteiger partial charge in [0.15, 0.2) is 0 Å². The van der Waals surface area contributed by atoms with Crippen LogP contribution in [0.1, 0.15) is 15.9 Å². The van der Waals surface area contributed by atoms with E-state index in [9.17, 15) is 14.3 Å². The fraction of sp³-hybridized carbons (Fsp3) is 0.188. The van der Waals surface area contributed by atoms with E-state index >= 15 is 0 Å². The fourth-order valence-corrected chi connectivity index (χ4v) is 2.72. The van der Waals surface area contributed by atoms with Gasteiger partial charge in [-0.25, -0.2) is 4.39 Å². The van der Waals surface area contributed by atoms with Crippen LogP contribution in [0.25, 0.3) is 0 Å². The summed E-state index contributed by atoms with van der Waals surface area (Å²) in [5.41, 5.74) is 1.44. The summed E-state index contributed by atoms with van der Waals surface area (Å²) in [5, 5.41) is 12.2. The van der Waals surface area contributed by atoms with Crippen molar-refractivity contribution < 1.29 is 14.3 Å². The molecule has 1 amide bonds. The van der Waals surface area contributed by atoms with Crippen molar-refractivity contribution in [1.82, 2.24) is 5.32 Å². The monoisotopic (exact) mass is 399 g/mol. The van der Waals surface area contributed by atoms with Crippen LogP contribution < -0.4 is 5.32 Å². The molecule has 5 heteroatoms. The molecule has 0 spiro atoms. The lowest BCUT2D eigenvalue weighted by Gasteiger charge is -2.17. The molecule has 2 aromatic rings. The summed E-state index contributed by atoms with van der Waals surface area (Å²) in [6.45, 7) is -0.154. The SMILES string of the molecule is O=C(N[C@@H](CO)Cc1ccccc1)c1ccc(F)cc1I. The van der Waals surface area contributed by atoms with Gasteiger partial charge in [0.1, 0.15) is 5.82 Å². The highest BCUT2D eigenvalue weighted by Crippen LogP contribution is 2.14. The van der Waals surface area contributed by atoms with Crippen LogP contribution in [0.3, 0.4) is 0 Å². The molecule has 0 aromatic heterocycles. The van der Waals surface area contributed by atoms with Crippen LogP contribution in [0.2, 0.25) is 0 Å². The number of nitrogens with one attached hydrogen (secondary N) is 1. The highest BCUT2D eigenvalue weighted by Gasteiger charge is 2.16. The summed E-state index contributed by atoms with van der Waals surface area (Å²) in [5.74, 6) is -0.687. The van der Waals surface area contributed by atoms with Gasteiger partial charge in [-0.2, -0.15) is 0 Å². The lowest BCUT2D eigenvalue weighted by Crippen LogP contribution is -2.39. The molecule has 0 bridgehead atoms. The third-order valence-corrected chi connectivity index (χ3v) is 3.95. The molecule has 0 saturated heterocycles. The van der Waals surface area contributed by atoms with Crippen molar-refractivity contribution in [2.24, 2.45) is 0 Å². The van der Waals surface area contributed by atoms with Crippen LogP contribution in [0.4, 0.5) is 4.39 Å². The maximum atomic E-state index is 13.1. The Balaban J connectivity index is 2.06. The maximum absolute atomic E-state index is 13.1. The van der Waals surface area contributed by atoms with Gasteiger partial charge in [0.05, 0.1) is 18.2 Å². The van der Waals surface area contributed by atoms with Gasteiger partial charge in [0.25, 0.3) is 5.91 Å². The van der Waals surface area contributed by atoms with E-state index in [1.54, 1.807) is 0 Å². The van der Waals surface area contributed by atoms with Gasteiger partial charge >= 0.3 is 0 Å². The van der Waals surface area contributed by atoms with E-state index in [4.69, 9.17) is 0 Å². The zero-order chi connectivity index (χ0) is 15.2. The van der Waals surface area contributed by atoms with E-state index in [1.807, 2.05) is 52.9 Å². The third-order valence-electron chi connectivity index (χ3n) is 3.06. The molecule has 110 valence electrons. The highest BCUT2D eigenvalue weighted by atomic mass is 127. The molecular formula is C16H15FINO2. The number of hydrogen-bond donors (Lipinski definition) is 2. The average molecular weight is 399 g/mol. The van der Waals surface area contributed by atoms with Crippen molar-refractivity contribution >= 4 is 28.5 Å². The lowest BCUT2D eigenvalue weighted by atomic mass is 10.1. The minimum atomic E-state index is -0.376. The number of amides is 1. The molecule has 1 atom stereocenters. The van der Waals surface area contributed by atoms with E-state index in [1.165, 1.54) is 18.2 Å². The molecule has 21 heavy (non-hydrogen) atoms. The molecule has 0 heterocycles. The Morgan fingerprint density at radius 2 is 1.95 bits per heavy atom. The summed E-state index contributed by atoms with van der Waals surface area (Å²) in [6, 6.07) is 13.2. The van der Waals surface area contributed by atoms with Crippen molar-refractivity contribution in [3.8, 4) is 0 Å². The summed E-state index contributed by atoms with van der Waals surface area (Å²) in [7, 11) is 0. The number of carbonyl (C=O) groups is 1. The van der Waals surface area contributed by atoms with Crippen LogP contribution in [0.5, 0.6) is 0 Å². The van der Waals surface area contributed by atoms with Gasteiger partial charge in [0, 0.05) is 3.57 Å². The Hall–Kier alpha value is -1.47. The number of halogens is 2. The number of aliphatic hydroxyl groups excluding tert-OH is 1. The normalized spacial score (nSPS) is 12.0. The van der Waals surface area contributed by atoms with Crippen LogP contribution in [-0.2, 0) is 6.42 Å². The van der Waals surface area contributed by atoms with Crippen LogP contribution in [-0.4, -0.2) is 23.7 Å². The maximum Gasteiger partial charge on any atom is 0.252 e. The highest BCUT2D eigenvalue weighted by molar-refractivity contribution is 14.1. The third kappa shape index (κ3) is 4.50. The first-order valence-corrected chi connectivity index (χ1v) is 7.58. The molecular weight excluding hydrogens is 384 g/mol. The second kappa shape index (κ2) is 7.51. The Bertz CT molecular complexity index is 619. The lowest BCUT2D eigenvalue weighted by molar-refractivity contribution is 0.0915. The molecule has 0 aliphatic rings. The average Bonchev–Trinajstić information content (AvgIpc) is 2.47. The van der Waals surface area contributed by atoms with Gasteiger partial charge in [0.2, 0.25) is 0 Å². The summed E-state index contributed by atoms with van der Waals surface area (Å²) >= 11 is 1.92. The fourth-order valence-electron chi connectivity index (χ4n) is 2.00. The van der Waals surface area contributed by atoms with Crippen LogP contribution in [0.15, 0.2) is 48.5 Å². The van der Waals surface area contributed by atoms with Gasteiger partial charge in [-0.1, -0.05) is 30.3 Å². The first-order valence-electron chi connectivity index (χ1n) is 6.51. The Morgan fingerprint density at radius 1 is 1.24 bits per heavy atom. The summed E-state index contributed by atoms with van der Waals surface area (Å²) in [6.07, 6.45) is 0.543. The Morgan fingerprint density at radius 3 is 2.57 bits per heavy atom. The zero-order valence-corrected chi connectivity index (χ0v) is 13.4. The summed E-state index contributed by atoms with van der Waals surface area (Å²) < 4.78 is 13.6. The predicted molar refractivity (Wildman–Crippen MR) is 87.6 cm³/mol. The van der Waals surface area contributed by atoms with E-state index in [-0.39, 0.29) is 24.4 Å². The van der Waals surface area contributed by atoms with Crippen molar-refractivity contribution in [2.75, 3.05) is 6.61 Å². The smallest absolute Gasteiger partial charge is 0.252 e. The molecule has 0 saturated carbocycles. The topological polar surface area (TPSA) is 49.3 Å². The quantitative estimate of drug-likeness (QED) is 0.760. The number of hydrogen-bond acceptors (Lipinski definition) is 2. The van der Waals surface area contributed by atoms with Gasteiger partial charge in [-0.05, 0) is 52.8 Å². The van der Waals surface area contributed by atoms with E-state index < -0.39 is 0 Å². The van der Waals surface area contributed by atoms with Crippen LogP contribution >= 0.6 is 22.6 Å². The van der Waals surface area contributed by atoms with Gasteiger partial charge in [-0.3, -0.25) is 4.79 Å². The van der Waals surface area contributed by atoms with Crippen molar-refractivity contribution in [3.05, 3.63) is 69.0 Å². The minimum absolute atomic E-state index is 0.154. The van der Waals surface area contributed by atoms with Crippen molar-refractivity contribution in [3.63, 3.8) is 0 Å². The molecule has 2 rings (SSSR count). The minimum Gasteiger partial charge on any atom is -0.394 e. The van der Waals surface area contributed by atoms with Crippen molar-refractivity contribution in [1.29, 1.82) is 0 Å². The van der Waals surface area contributed by atoms with Gasteiger partial charge in [-0.15, -0.1) is 0 Å². The Kier molecular flexibility index (Phi) is 5.69. The Labute approximate surface area is 136 Å². The molecule has 2 N–H and O–H groups in total. The molecule has 0 aliphatic heterocycles. The first-order chi connectivity index (χ1) is 10.1. The molecule has 0 aliphatic carbocycles. The standard InChI is InChI=1S/C16H15FINO2/c17-12-6-7-14(15(18)9-12)16(21)19-13(10-20)8-11-4-2-1-3-5-11/h1-7,9,13,20H,8,10H2,(H,19,21)/t13-/m1/s1. The molecule has 0 unspecified atom stereocenters. The summed E-state index contributed by atoms with van der Waals surface area (Å²) in [4.78, 5) is 12.2. The molecule has 2 aromatic carbocycles. The zero-order valence-electron chi connectivity index (χ0n) is 11.2. The van der Waals surface area contributed by atoms with E-state index in [0.717, 1.165) is 5.56 Å². The molecule has 0 fully saturated rings. The second-order valence-corrected chi connectivity index (χ2v) is 5.83. The number of carbonyl (C=O) groups excluding carboxylic acids is 1. The number of rotatable bonds is 5. The van der Waals surface area contributed by atoms with E-state index in [2.05, 4.69) is 5.32 Å². The van der Waals surface area contributed by atoms with Crippen LogP contribution in [0, 0.1) is 9.39 Å². The van der Waals surface area contributed by atoms with E-state index in [0.29, 0.717) is 15.6 Å². The molecule has 0 radical (unpaired) electrons. The second-order valence-electron chi connectivity index (χ2n) is 4.67. The first kappa shape index (κ1) is 15.9.